The normalized spacial score (nSPS) is 11.3. The fraction of sp³-hybridized carbons (Fsp3) is 0.556. The Bertz CT molecular complexity index is 515. The Morgan fingerprint density at radius 1 is 0.950 bits per heavy atom. The van der Waals surface area contributed by atoms with Crippen LogP contribution in [0.2, 0.25) is 0 Å². The van der Waals surface area contributed by atoms with Crippen LogP contribution in [0.4, 0.5) is 0 Å². The van der Waals surface area contributed by atoms with Gasteiger partial charge < -0.3 is 4.98 Å². The number of aryl methyl sites for hydroxylation is 1. The predicted molar refractivity (Wildman–Crippen MR) is 92.3 cm³/mol. The van der Waals surface area contributed by atoms with E-state index in [0.717, 1.165) is 4.47 Å². The number of rotatable bonds is 9. The third-order valence-corrected chi connectivity index (χ3v) is 4.71. The van der Waals surface area contributed by atoms with Crippen molar-refractivity contribution in [3.8, 4) is 0 Å². The fourth-order valence-corrected chi connectivity index (χ4v) is 3.31. The molecule has 0 bridgehead atoms. The van der Waals surface area contributed by atoms with Gasteiger partial charge in [-0.25, -0.2) is 0 Å². The minimum absolute atomic E-state index is 1.16. The Morgan fingerprint density at radius 3 is 2.40 bits per heavy atom. The molecule has 0 aliphatic rings. The second-order valence-electron chi connectivity index (χ2n) is 5.70. The molecule has 2 aromatic rings. The molecule has 2 heteroatoms. The number of halogens is 1. The standard InChI is InChI=1S/C18H26BrN/c1-2-3-4-5-6-7-8-9-11-15-14-20-18-16(15)12-10-13-17(18)19/h10,12-14,20H,2-9,11H2,1H3. The van der Waals surface area contributed by atoms with Gasteiger partial charge in [-0.3, -0.25) is 0 Å². The lowest BCUT2D eigenvalue weighted by atomic mass is 10.0. The molecule has 0 amide bonds. The lowest BCUT2D eigenvalue weighted by Gasteiger charge is -2.02. The number of aromatic nitrogens is 1. The summed E-state index contributed by atoms with van der Waals surface area (Å²) in [6.45, 7) is 2.28. The Balaban J connectivity index is 1.70. The van der Waals surface area contributed by atoms with Crippen LogP contribution < -0.4 is 0 Å². The largest absolute Gasteiger partial charge is 0.360 e. The highest BCUT2D eigenvalue weighted by Gasteiger charge is 2.05. The number of unbranched alkanes of at least 4 members (excludes halogenated alkanes) is 7. The van der Waals surface area contributed by atoms with Crippen molar-refractivity contribution in [1.29, 1.82) is 0 Å². The zero-order valence-electron chi connectivity index (χ0n) is 12.6. The van der Waals surface area contributed by atoms with Gasteiger partial charge in [0.15, 0.2) is 0 Å². The Kier molecular flexibility index (Phi) is 6.65. The number of fused-ring (bicyclic) bond motifs is 1. The van der Waals surface area contributed by atoms with Crippen LogP contribution in [0.25, 0.3) is 10.9 Å². The van der Waals surface area contributed by atoms with E-state index in [1.165, 1.54) is 74.3 Å². The second-order valence-corrected chi connectivity index (χ2v) is 6.56. The van der Waals surface area contributed by atoms with Gasteiger partial charge in [0.1, 0.15) is 0 Å². The van der Waals surface area contributed by atoms with Crippen LogP contribution >= 0.6 is 15.9 Å². The van der Waals surface area contributed by atoms with Crippen molar-refractivity contribution in [2.45, 2.75) is 64.7 Å². The van der Waals surface area contributed by atoms with Crippen molar-refractivity contribution in [2.75, 3.05) is 0 Å². The molecular weight excluding hydrogens is 310 g/mol. The number of H-pyrrole nitrogens is 1. The Hall–Kier alpha value is -0.760. The minimum atomic E-state index is 1.16. The van der Waals surface area contributed by atoms with E-state index in [0.29, 0.717) is 0 Å². The van der Waals surface area contributed by atoms with Crippen molar-refractivity contribution in [3.63, 3.8) is 0 Å². The molecule has 1 aromatic carbocycles. The van der Waals surface area contributed by atoms with Crippen LogP contribution in [0.3, 0.4) is 0 Å². The van der Waals surface area contributed by atoms with E-state index >= 15 is 0 Å². The maximum absolute atomic E-state index is 3.60. The summed E-state index contributed by atoms with van der Waals surface area (Å²) in [4.78, 5) is 3.38. The fourth-order valence-electron chi connectivity index (χ4n) is 2.83. The second kappa shape index (κ2) is 8.51. The topological polar surface area (TPSA) is 15.8 Å². The molecule has 0 aliphatic heterocycles. The van der Waals surface area contributed by atoms with Crippen LogP contribution in [0.5, 0.6) is 0 Å². The van der Waals surface area contributed by atoms with E-state index in [-0.39, 0.29) is 0 Å². The predicted octanol–water partition coefficient (Wildman–Crippen LogP) is 6.61. The van der Waals surface area contributed by atoms with Gasteiger partial charge >= 0.3 is 0 Å². The van der Waals surface area contributed by atoms with Gasteiger partial charge in [0, 0.05) is 16.1 Å². The van der Waals surface area contributed by atoms with Crippen molar-refractivity contribution >= 4 is 26.8 Å². The molecule has 0 fully saturated rings. The minimum Gasteiger partial charge on any atom is -0.360 e. The maximum Gasteiger partial charge on any atom is 0.0601 e. The molecule has 2 rings (SSSR count). The van der Waals surface area contributed by atoms with Crippen molar-refractivity contribution < 1.29 is 0 Å². The SMILES string of the molecule is CCCCCCCCCCc1c[nH]c2c(Br)cccc12. The lowest BCUT2D eigenvalue weighted by molar-refractivity contribution is 0.576. The van der Waals surface area contributed by atoms with Crippen LogP contribution in [0.1, 0.15) is 63.9 Å². The van der Waals surface area contributed by atoms with E-state index in [1.54, 1.807) is 0 Å². The molecular formula is C18H26BrN. The molecule has 1 aromatic heterocycles. The molecule has 1 heterocycles. The molecule has 1 N–H and O–H groups in total. The molecule has 20 heavy (non-hydrogen) atoms. The summed E-state index contributed by atoms with van der Waals surface area (Å²) in [6, 6.07) is 6.44. The Morgan fingerprint density at radius 2 is 1.65 bits per heavy atom. The van der Waals surface area contributed by atoms with E-state index < -0.39 is 0 Å². The molecule has 0 atom stereocenters. The molecule has 0 aliphatic carbocycles. The number of para-hydroxylation sites is 1. The first-order valence-electron chi connectivity index (χ1n) is 8.07. The summed E-state index contributed by atoms with van der Waals surface area (Å²) in [6.07, 6.45) is 14.5. The number of aromatic amines is 1. The highest BCUT2D eigenvalue weighted by molar-refractivity contribution is 9.10. The van der Waals surface area contributed by atoms with E-state index in [1.807, 2.05) is 0 Å². The van der Waals surface area contributed by atoms with Crippen molar-refractivity contribution in [1.82, 2.24) is 4.98 Å². The molecule has 0 radical (unpaired) electrons. The molecule has 1 nitrogen and oxygen atoms in total. The lowest BCUT2D eigenvalue weighted by Crippen LogP contribution is -1.85. The first-order chi connectivity index (χ1) is 9.83. The monoisotopic (exact) mass is 335 g/mol. The van der Waals surface area contributed by atoms with E-state index in [9.17, 15) is 0 Å². The first-order valence-corrected chi connectivity index (χ1v) is 8.86. The van der Waals surface area contributed by atoms with Gasteiger partial charge in [0.25, 0.3) is 0 Å². The van der Waals surface area contributed by atoms with Gasteiger partial charge in [-0.1, -0.05) is 64.0 Å². The van der Waals surface area contributed by atoms with Gasteiger partial charge in [0.05, 0.1) is 5.52 Å². The molecule has 0 unspecified atom stereocenters. The summed E-state index contributed by atoms with van der Waals surface area (Å²) in [5.41, 5.74) is 2.70. The zero-order valence-corrected chi connectivity index (χ0v) is 14.1. The average Bonchev–Trinajstić information content (AvgIpc) is 2.87. The van der Waals surface area contributed by atoms with Crippen LogP contribution in [0, 0.1) is 0 Å². The number of hydrogen-bond acceptors (Lipinski definition) is 0. The highest BCUT2D eigenvalue weighted by atomic mass is 79.9. The smallest absolute Gasteiger partial charge is 0.0601 e. The van der Waals surface area contributed by atoms with Crippen LogP contribution in [0.15, 0.2) is 28.9 Å². The van der Waals surface area contributed by atoms with Crippen LogP contribution in [-0.2, 0) is 6.42 Å². The van der Waals surface area contributed by atoms with E-state index in [2.05, 4.69) is 52.2 Å². The summed E-state index contributed by atoms with van der Waals surface area (Å²) < 4.78 is 1.16. The maximum atomic E-state index is 3.60. The van der Waals surface area contributed by atoms with Crippen molar-refractivity contribution in [2.24, 2.45) is 0 Å². The first kappa shape index (κ1) is 15.6. The van der Waals surface area contributed by atoms with Crippen LogP contribution in [-0.4, -0.2) is 4.98 Å². The summed E-state index contributed by atoms with van der Waals surface area (Å²) in [5.74, 6) is 0. The van der Waals surface area contributed by atoms with Gasteiger partial charge in [0.2, 0.25) is 0 Å². The summed E-state index contributed by atoms with van der Waals surface area (Å²) in [5, 5.41) is 1.38. The summed E-state index contributed by atoms with van der Waals surface area (Å²) in [7, 11) is 0. The quantitative estimate of drug-likeness (QED) is 0.496. The molecule has 110 valence electrons. The molecule has 0 saturated carbocycles. The average molecular weight is 336 g/mol. The van der Waals surface area contributed by atoms with E-state index in [4.69, 9.17) is 0 Å². The summed E-state index contributed by atoms with van der Waals surface area (Å²) >= 11 is 3.60. The third kappa shape index (κ3) is 4.37. The van der Waals surface area contributed by atoms with Gasteiger partial charge in [-0.15, -0.1) is 0 Å². The van der Waals surface area contributed by atoms with Gasteiger partial charge in [-0.05, 0) is 40.4 Å². The number of hydrogen-bond donors (Lipinski definition) is 1. The number of benzene rings is 1. The van der Waals surface area contributed by atoms with Crippen molar-refractivity contribution in [3.05, 3.63) is 34.4 Å². The number of nitrogens with one attached hydrogen (secondary N) is 1. The Labute approximate surface area is 131 Å². The third-order valence-electron chi connectivity index (χ3n) is 4.05. The highest BCUT2D eigenvalue weighted by Crippen LogP contribution is 2.26. The van der Waals surface area contributed by atoms with Gasteiger partial charge in [-0.2, -0.15) is 0 Å². The molecule has 0 spiro atoms. The molecule has 0 saturated heterocycles. The zero-order chi connectivity index (χ0) is 14.2.